The number of aryl methyl sites for hydroxylation is 1. The number of aromatic nitrogens is 2. The summed E-state index contributed by atoms with van der Waals surface area (Å²) in [5, 5.41) is 4.66. The van der Waals surface area contributed by atoms with Crippen LogP contribution in [-0.4, -0.2) is 16.1 Å². The zero-order chi connectivity index (χ0) is 10.9. The third-order valence-electron chi connectivity index (χ3n) is 1.85. The van der Waals surface area contributed by atoms with Crippen molar-refractivity contribution < 1.29 is 4.79 Å². The van der Waals surface area contributed by atoms with Gasteiger partial charge in [-0.15, -0.1) is 0 Å². The van der Waals surface area contributed by atoms with Gasteiger partial charge in [0.1, 0.15) is 5.15 Å². The standard InChI is InChI=1S/C10H15ClN2O/c1-7-8(5-14)9(11)13(12-7)6-10(2,3)4/h5H,6H2,1-4H3. The zero-order valence-corrected chi connectivity index (χ0v) is 9.72. The molecule has 0 amide bonds. The van der Waals surface area contributed by atoms with Crippen LogP contribution in [0.3, 0.4) is 0 Å². The maximum Gasteiger partial charge on any atom is 0.155 e. The van der Waals surface area contributed by atoms with Crippen molar-refractivity contribution in [2.24, 2.45) is 5.41 Å². The highest BCUT2D eigenvalue weighted by molar-refractivity contribution is 6.32. The number of rotatable bonds is 2. The summed E-state index contributed by atoms with van der Waals surface area (Å²) in [6.07, 6.45) is 0.754. The molecule has 0 radical (unpaired) electrons. The molecule has 3 nitrogen and oxygen atoms in total. The highest BCUT2D eigenvalue weighted by Crippen LogP contribution is 2.23. The maximum absolute atomic E-state index is 10.7. The Balaban J connectivity index is 3.06. The molecule has 0 aliphatic heterocycles. The van der Waals surface area contributed by atoms with Crippen LogP contribution in [0.5, 0.6) is 0 Å². The highest BCUT2D eigenvalue weighted by Gasteiger charge is 2.17. The van der Waals surface area contributed by atoms with E-state index in [1.807, 2.05) is 0 Å². The van der Waals surface area contributed by atoms with E-state index in [9.17, 15) is 4.79 Å². The first kappa shape index (κ1) is 11.2. The Morgan fingerprint density at radius 2 is 2.07 bits per heavy atom. The molecule has 0 unspecified atom stereocenters. The lowest BCUT2D eigenvalue weighted by molar-refractivity contribution is 0.112. The van der Waals surface area contributed by atoms with Gasteiger partial charge >= 0.3 is 0 Å². The summed E-state index contributed by atoms with van der Waals surface area (Å²) in [6, 6.07) is 0. The van der Waals surface area contributed by atoms with Gasteiger partial charge in [0.05, 0.1) is 11.3 Å². The summed E-state index contributed by atoms with van der Waals surface area (Å²) in [4.78, 5) is 10.7. The van der Waals surface area contributed by atoms with Crippen LogP contribution >= 0.6 is 11.6 Å². The predicted octanol–water partition coefficient (Wildman–Crippen LogP) is 2.70. The van der Waals surface area contributed by atoms with Gasteiger partial charge < -0.3 is 0 Å². The molecule has 0 spiro atoms. The van der Waals surface area contributed by atoms with E-state index in [0.29, 0.717) is 23.0 Å². The number of halogens is 1. The lowest BCUT2D eigenvalue weighted by Gasteiger charge is -2.18. The van der Waals surface area contributed by atoms with Crippen molar-refractivity contribution >= 4 is 17.9 Å². The molecule has 0 aliphatic rings. The molecule has 4 heteroatoms. The van der Waals surface area contributed by atoms with E-state index in [2.05, 4.69) is 25.9 Å². The highest BCUT2D eigenvalue weighted by atomic mass is 35.5. The van der Waals surface area contributed by atoms with Gasteiger partial charge in [0.2, 0.25) is 0 Å². The lowest BCUT2D eigenvalue weighted by Crippen LogP contribution is -2.16. The van der Waals surface area contributed by atoms with Crippen molar-refractivity contribution in [1.29, 1.82) is 0 Å². The molecular weight excluding hydrogens is 200 g/mol. The molecule has 0 bridgehead atoms. The van der Waals surface area contributed by atoms with Crippen molar-refractivity contribution in [3.63, 3.8) is 0 Å². The topological polar surface area (TPSA) is 34.9 Å². The number of hydrogen-bond acceptors (Lipinski definition) is 2. The van der Waals surface area contributed by atoms with Crippen molar-refractivity contribution in [1.82, 2.24) is 9.78 Å². The van der Waals surface area contributed by atoms with E-state index in [1.54, 1.807) is 11.6 Å². The molecule has 1 rings (SSSR count). The SMILES string of the molecule is Cc1nn(CC(C)(C)C)c(Cl)c1C=O. The Hall–Kier alpha value is -0.830. The molecule has 78 valence electrons. The molecule has 0 aliphatic carbocycles. The molecule has 0 saturated carbocycles. The van der Waals surface area contributed by atoms with Gasteiger partial charge in [-0.1, -0.05) is 32.4 Å². The first-order valence-electron chi connectivity index (χ1n) is 4.53. The van der Waals surface area contributed by atoms with Gasteiger partial charge in [0, 0.05) is 6.54 Å². The normalized spacial score (nSPS) is 11.8. The zero-order valence-electron chi connectivity index (χ0n) is 8.97. The largest absolute Gasteiger partial charge is 0.298 e. The van der Waals surface area contributed by atoms with E-state index >= 15 is 0 Å². The first-order valence-corrected chi connectivity index (χ1v) is 4.91. The minimum Gasteiger partial charge on any atom is -0.298 e. The molecule has 0 N–H and O–H groups in total. The minimum absolute atomic E-state index is 0.0995. The summed E-state index contributed by atoms with van der Waals surface area (Å²) in [5.74, 6) is 0. The predicted molar refractivity (Wildman–Crippen MR) is 56.8 cm³/mol. The number of carbonyl (C=O) groups is 1. The average molecular weight is 215 g/mol. The molecule has 0 aromatic carbocycles. The van der Waals surface area contributed by atoms with Gasteiger partial charge in [0.25, 0.3) is 0 Å². The molecule has 0 saturated heterocycles. The van der Waals surface area contributed by atoms with Gasteiger partial charge in [0.15, 0.2) is 6.29 Å². The van der Waals surface area contributed by atoms with Crippen molar-refractivity contribution in [3.05, 3.63) is 16.4 Å². The Kier molecular flexibility index (Phi) is 3.00. The fourth-order valence-corrected chi connectivity index (χ4v) is 1.53. The van der Waals surface area contributed by atoms with E-state index < -0.39 is 0 Å². The van der Waals surface area contributed by atoms with Crippen molar-refractivity contribution in [2.45, 2.75) is 34.2 Å². The second-order valence-electron chi connectivity index (χ2n) is 4.63. The lowest BCUT2D eigenvalue weighted by atomic mass is 9.97. The smallest absolute Gasteiger partial charge is 0.155 e. The Labute approximate surface area is 89.1 Å². The second-order valence-corrected chi connectivity index (χ2v) is 4.98. The number of carbonyl (C=O) groups excluding carboxylic acids is 1. The van der Waals surface area contributed by atoms with Crippen molar-refractivity contribution in [2.75, 3.05) is 0 Å². The summed E-state index contributed by atoms with van der Waals surface area (Å²) >= 11 is 6.01. The van der Waals surface area contributed by atoms with Gasteiger partial charge in [-0.2, -0.15) is 5.10 Å². The van der Waals surface area contributed by atoms with Crippen LogP contribution in [0.15, 0.2) is 0 Å². The first-order chi connectivity index (χ1) is 6.35. The number of nitrogens with zero attached hydrogens (tertiary/aromatic N) is 2. The summed E-state index contributed by atoms with van der Waals surface area (Å²) in [7, 11) is 0. The van der Waals surface area contributed by atoms with Crippen LogP contribution in [0, 0.1) is 12.3 Å². The average Bonchev–Trinajstić information content (AvgIpc) is 2.24. The van der Waals surface area contributed by atoms with Crippen LogP contribution in [0.1, 0.15) is 36.8 Å². The molecule has 1 aromatic heterocycles. The van der Waals surface area contributed by atoms with E-state index in [4.69, 9.17) is 11.6 Å². The van der Waals surface area contributed by atoms with Gasteiger partial charge in [-0.25, -0.2) is 0 Å². The van der Waals surface area contributed by atoms with Crippen LogP contribution in [-0.2, 0) is 6.54 Å². The van der Waals surface area contributed by atoms with E-state index in [1.165, 1.54) is 0 Å². The molecule has 14 heavy (non-hydrogen) atoms. The fraction of sp³-hybridized carbons (Fsp3) is 0.600. The second kappa shape index (κ2) is 3.73. The van der Waals surface area contributed by atoms with Gasteiger partial charge in [-0.05, 0) is 12.3 Å². The summed E-state index contributed by atoms with van der Waals surface area (Å²) < 4.78 is 1.68. The minimum atomic E-state index is 0.0995. The summed E-state index contributed by atoms with van der Waals surface area (Å²) in [6.45, 7) is 8.79. The van der Waals surface area contributed by atoms with Gasteiger partial charge in [-0.3, -0.25) is 9.48 Å². The van der Waals surface area contributed by atoms with E-state index in [0.717, 1.165) is 6.29 Å². The molecule has 0 atom stereocenters. The van der Waals surface area contributed by atoms with E-state index in [-0.39, 0.29) is 5.41 Å². The molecule has 1 aromatic rings. The van der Waals surface area contributed by atoms with Crippen LogP contribution in [0.2, 0.25) is 5.15 Å². The third-order valence-corrected chi connectivity index (χ3v) is 2.25. The van der Waals surface area contributed by atoms with Crippen LogP contribution in [0.4, 0.5) is 0 Å². The van der Waals surface area contributed by atoms with Crippen LogP contribution in [0.25, 0.3) is 0 Å². The monoisotopic (exact) mass is 214 g/mol. The fourth-order valence-electron chi connectivity index (χ4n) is 1.26. The van der Waals surface area contributed by atoms with Crippen LogP contribution < -0.4 is 0 Å². The number of aldehydes is 1. The Morgan fingerprint density at radius 1 is 1.50 bits per heavy atom. The summed E-state index contributed by atoms with van der Waals surface area (Å²) in [5.41, 5.74) is 1.28. The molecule has 0 fully saturated rings. The quantitative estimate of drug-likeness (QED) is 0.710. The molecular formula is C10H15ClN2O. The maximum atomic E-state index is 10.7. The number of hydrogen-bond donors (Lipinski definition) is 0. The molecule has 1 heterocycles. The van der Waals surface area contributed by atoms with Crippen molar-refractivity contribution in [3.8, 4) is 0 Å². The third kappa shape index (κ3) is 2.35. The Bertz CT molecular complexity index is 350. The Morgan fingerprint density at radius 3 is 2.43 bits per heavy atom.